The van der Waals surface area contributed by atoms with Gasteiger partial charge < -0.3 is 4.74 Å². The van der Waals surface area contributed by atoms with E-state index < -0.39 is 5.60 Å². The second-order valence-corrected chi connectivity index (χ2v) is 5.47. The van der Waals surface area contributed by atoms with Gasteiger partial charge in [-0.3, -0.25) is 9.48 Å². The molecule has 0 bridgehead atoms. The Kier molecular flexibility index (Phi) is 4.22. The van der Waals surface area contributed by atoms with Crippen molar-refractivity contribution in [3.05, 3.63) is 16.4 Å². The van der Waals surface area contributed by atoms with Gasteiger partial charge in [-0.2, -0.15) is 5.10 Å². The molecule has 0 atom stereocenters. The average molecular weight is 315 g/mol. The third-order valence-electron chi connectivity index (χ3n) is 3.56. The van der Waals surface area contributed by atoms with E-state index in [2.05, 4.69) is 21.0 Å². The third-order valence-corrected chi connectivity index (χ3v) is 4.14. The number of carbonyl (C=O) groups excluding carboxylic acids is 1. The highest BCUT2D eigenvalue weighted by atomic mass is 79.9. The lowest BCUT2D eigenvalue weighted by Gasteiger charge is -2.27. The summed E-state index contributed by atoms with van der Waals surface area (Å²) in [6.45, 7) is 5.19. The summed E-state index contributed by atoms with van der Waals surface area (Å²) in [7, 11) is 0. The van der Waals surface area contributed by atoms with Gasteiger partial charge in [0.25, 0.3) is 0 Å². The standard InChI is InChI=1S/C13H19BrN2O2/c1-3-16-11(10(14)9-15-16)12(17)13(18-4-2)7-5-6-8-13/h9H,3-8H2,1-2H3. The largest absolute Gasteiger partial charge is 0.367 e. The summed E-state index contributed by atoms with van der Waals surface area (Å²) in [5, 5.41) is 4.21. The van der Waals surface area contributed by atoms with Crippen LogP contribution < -0.4 is 0 Å². The number of halogens is 1. The van der Waals surface area contributed by atoms with Crippen LogP contribution in [-0.2, 0) is 11.3 Å². The van der Waals surface area contributed by atoms with E-state index in [-0.39, 0.29) is 5.78 Å². The van der Waals surface area contributed by atoms with Crippen molar-refractivity contribution in [3.63, 3.8) is 0 Å². The van der Waals surface area contributed by atoms with E-state index >= 15 is 0 Å². The summed E-state index contributed by atoms with van der Waals surface area (Å²) < 4.78 is 8.32. The highest BCUT2D eigenvalue weighted by molar-refractivity contribution is 9.10. The number of ketones is 1. The number of hydrogen-bond donors (Lipinski definition) is 0. The molecule has 5 heteroatoms. The number of Topliss-reactive ketones (excluding diaryl/α,β-unsaturated/α-hetero) is 1. The number of aromatic nitrogens is 2. The molecule has 1 aromatic rings. The van der Waals surface area contributed by atoms with E-state index in [4.69, 9.17) is 4.74 Å². The van der Waals surface area contributed by atoms with Crippen LogP contribution in [0.5, 0.6) is 0 Å². The van der Waals surface area contributed by atoms with Gasteiger partial charge in [0.15, 0.2) is 0 Å². The average Bonchev–Trinajstić information content (AvgIpc) is 2.96. The molecular weight excluding hydrogens is 296 g/mol. The maximum absolute atomic E-state index is 12.8. The second-order valence-electron chi connectivity index (χ2n) is 4.62. The van der Waals surface area contributed by atoms with Crippen LogP contribution in [0.4, 0.5) is 0 Å². The van der Waals surface area contributed by atoms with Crippen molar-refractivity contribution in [2.45, 2.75) is 51.7 Å². The van der Waals surface area contributed by atoms with Crippen molar-refractivity contribution in [3.8, 4) is 0 Å². The van der Waals surface area contributed by atoms with Gasteiger partial charge in [-0.05, 0) is 55.5 Å². The van der Waals surface area contributed by atoms with Gasteiger partial charge in [-0.1, -0.05) is 0 Å². The molecule has 1 saturated carbocycles. The van der Waals surface area contributed by atoms with Crippen molar-refractivity contribution >= 4 is 21.7 Å². The monoisotopic (exact) mass is 314 g/mol. The Morgan fingerprint density at radius 1 is 1.50 bits per heavy atom. The Morgan fingerprint density at radius 2 is 2.17 bits per heavy atom. The topological polar surface area (TPSA) is 44.1 Å². The van der Waals surface area contributed by atoms with E-state index in [1.807, 2.05) is 13.8 Å². The lowest BCUT2D eigenvalue weighted by molar-refractivity contribution is -0.0171. The molecule has 1 aromatic heterocycles. The first-order valence-electron chi connectivity index (χ1n) is 6.54. The summed E-state index contributed by atoms with van der Waals surface area (Å²) in [6, 6.07) is 0. The van der Waals surface area contributed by atoms with E-state index in [0.29, 0.717) is 18.8 Å². The van der Waals surface area contributed by atoms with Crippen molar-refractivity contribution < 1.29 is 9.53 Å². The first-order chi connectivity index (χ1) is 8.64. The Morgan fingerprint density at radius 3 is 2.72 bits per heavy atom. The van der Waals surface area contributed by atoms with Crippen LogP contribution in [0.2, 0.25) is 0 Å². The molecule has 1 fully saturated rings. The molecule has 0 aromatic carbocycles. The molecule has 0 aliphatic heterocycles. The highest BCUT2D eigenvalue weighted by Gasteiger charge is 2.44. The summed E-state index contributed by atoms with van der Waals surface area (Å²) in [5.41, 5.74) is 0.0253. The Labute approximate surface area is 116 Å². The fourth-order valence-corrected chi connectivity index (χ4v) is 3.18. The number of ether oxygens (including phenoxy) is 1. The van der Waals surface area contributed by atoms with E-state index in [9.17, 15) is 4.79 Å². The molecule has 1 heterocycles. The molecule has 4 nitrogen and oxygen atoms in total. The summed E-state index contributed by atoms with van der Waals surface area (Å²) in [5.74, 6) is 0.0769. The number of hydrogen-bond acceptors (Lipinski definition) is 3. The van der Waals surface area contributed by atoms with Crippen LogP contribution in [0, 0.1) is 0 Å². The van der Waals surface area contributed by atoms with Crippen LogP contribution >= 0.6 is 15.9 Å². The van der Waals surface area contributed by atoms with Crippen LogP contribution in [0.1, 0.15) is 50.0 Å². The van der Waals surface area contributed by atoms with Gasteiger partial charge in [-0.25, -0.2) is 0 Å². The molecule has 0 radical (unpaired) electrons. The van der Waals surface area contributed by atoms with E-state index in [0.717, 1.165) is 30.2 Å². The quantitative estimate of drug-likeness (QED) is 0.784. The highest BCUT2D eigenvalue weighted by Crippen LogP contribution is 2.37. The summed E-state index contributed by atoms with van der Waals surface area (Å²) in [4.78, 5) is 12.8. The molecule has 0 amide bonds. The molecule has 0 spiro atoms. The van der Waals surface area contributed by atoms with Crippen molar-refractivity contribution in [1.29, 1.82) is 0 Å². The Balaban J connectivity index is 2.36. The second kappa shape index (κ2) is 5.53. The molecule has 0 unspecified atom stereocenters. The maximum atomic E-state index is 12.8. The molecular formula is C13H19BrN2O2. The first kappa shape index (κ1) is 13.7. The number of rotatable bonds is 5. The smallest absolute Gasteiger partial charge is 0.213 e. The molecule has 0 saturated heterocycles. The molecule has 0 N–H and O–H groups in total. The summed E-state index contributed by atoms with van der Waals surface area (Å²) in [6.07, 6.45) is 5.45. The summed E-state index contributed by atoms with van der Waals surface area (Å²) >= 11 is 3.42. The lowest BCUT2D eigenvalue weighted by atomic mass is 9.93. The third kappa shape index (κ3) is 2.26. The predicted molar refractivity (Wildman–Crippen MR) is 72.8 cm³/mol. The van der Waals surface area contributed by atoms with Crippen LogP contribution in [-0.4, -0.2) is 27.8 Å². The van der Waals surface area contributed by atoms with Gasteiger partial charge in [0.2, 0.25) is 5.78 Å². The van der Waals surface area contributed by atoms with Crippen molar-refractivity contribution in [2.75, 3.05) is 6.61 Å². The van der Waals surface area contributed by atoms with Crippen LogP contribution in [0.25, 0.3) is 0 Å². The molecule has 1 aliphatic rings. The Bertz CT molecular complexity index is 436. The zero-order valence-corrected chi connectivity index (χ0v) is 12.5. The van der Waals surface area contributed by atoms with Gasteiger partial charge in [0.05, 0.1) is 10.7 Å². The molecule has 100 valence electrons. The normalized spacial score (nSPS) is 18.2. The Hall–Kier alpha value is -0.680. The van der Waals surface area contributed by atoms with Crippen molar-refractivity contribution in [2.24, 2.45) is 0 Å². The minimum absolute atomic E-state index is 0.0769. The van der Waals surface area contributed by atoms with Crippen LogP contribution in [0.15, 0.2) is 10.7 Å². The maximum Gasteiger partial charge on any atom is 0.213 e. The van der Waals surface area contributed by atoms with Crippen LogP contribution in [0.3, 0.4) is 0 Å². The van der Waals surface area contributed by atoms with Crippen molar-refractivity contribution in [1.82, 2.24) is 9.78 Å². The minimum atomic E-state index is -0.621. The SMILES string of the molecule is CCOC1(C(=O)c2c(Br)cnn2CC)CCCC1. The van der Waals surface area contributed by atoms with Gasteiger partial charge in [0, 0.05) is 13.2 Å². The zero-order valence-electron chi connectivity index (χ0n) is 10.9. The predicted octanol–water partition coefficient (Wildman–Crippen LogP) is 3.20. The van der Waals surface area contributed by atoms with E-state index in [1.165, 1.54) is 0 Å². The van der Waals surface area contributed by atoms with E-state index in [1.54, 1.807) is 10.9 Å². The lowest BCUT2D eigenvalue weighted by Crippen LogP contribution is -2.40. The minimum Gasteiger partial charge on any atom is -0.367 e. The molecule has 2 rings (SSSR count). The number of nitrogens with zero attached hydrogens (tertiary/aromatic N) is 2. The molecule has 18 heavy (non-hydrogen) atoms. The fourth-order valence-electron chi connectivity index (χ4n) is 2.70. The number of aryl methyl sites for hydroxylation is 1. The van der Waals surface area contributed by atoms with Gasteiger partial charge in [0.1, 0.15) is 11.3 Å². The molecule has 1 aliphatic carbocycles. The van der Waals surface area contributed by atoms with Gasteiger partial charge in [-0.15, -0.1) is 0 Å². The van der Waals surface area contributed by atoms with Gasteiger partial charge >= 0.3 is 0 Å². The zero-order chi connectivity index (χ0) is 13.2. The first-order valence-corrected chi connectivity index (χ1v) is 7.34. The number of carbonyl (C=O) groups is 1. The fraction of sp³-hybridized carbons (Fsp3) is 0.692.